The van der Waals surface area contributed by atoms with Crippen LogP contribution in [0.3, 0.4) is 0 Å². The van der Waals surface area contributed by atoms with Crippen molar-refractivity contribution in [1.29, 1.82) is 0 Å². The summed E-state index contributed by atoms with van der Waals surface area (Å²) in [4.78, 5) is 0. The van der Waals surface area contributed by atoms with Gasteiger partial charge in [-0.1, -0.05) is 30.9 Å². The molecule has 0 aliphatic rings. The smallest absolute Gasteiger partial charge is 0.124 e. The minimum Gasteiger partial charge on any atom is -0.489 e. The Hall–Kier alpha value is -1.26. The molecule has 0 saturated carbocycles. The second-order valence-corrected chi connectivity index (χ2v) is 6.37. The van der Waals surface area contributed by atoms with E-state index in [2.05, 4.69) is 68.9 Å². The summed E-state index contributed by atoms with van der Waals surface area (Å²) in [5.74, 6) is 0.879. The molecular formula is C17H17Br2NO. The lowest BCUT2D eigenvalue weighted by molar-refractivity contribution is 0.359. The molecule has 0 amide bonds. The molecule has 2 aromatic carbocycles. The normalized spacial score (nSPS) is 10.2. The van der Waals surface area contributed by atoms with Gasteiger partial charge in [0.05, 0.1) is 5.69 Å². The monoisotopic (exact) mass is 409 g/mol. The fraction of sp³-hybridized carbons (Fsp3) is 0.176. The van der Waals surface area contributed by atoms with E-state index in [0.717, 1.165) is 25.9 Å². The Balaban J connectivity index is 2.15. The van der Waals surface area contributed by atoms with Crippen molar-refractivity contribution >= 4 is 37.5 Å². The zero-order valence-corrected chi connectivity index (χ0v) is 15.0. The highest BCUT2D eigenvalue weighted by atomic mass is 79.9. The molecule has 0 aromatic heterocycles. The lowest BCUT2D eigenvalue weighted by Gasteiger charge is -2.14. The second kappa shape index (κ2) is 7.66. The zero-order chi connectivity index (χ0) is 15.2. The van der Waals surface area contributed by atoms with Crippen molar-refractivity contribution in [2.24, 2.45) is 0 Å². The van der Waals surface area contributed by atoms with Crippen molar-refractivity contribution in [1.82, 2.24) is 0 Å². The molecule has 2 nitrogen and oxygen atoms in total. The van der Waals surface area contributed by atoms with Crippen LogP contribution < -0.4 is 10.1 Å². The first-order valence-corrected chi connectivity index (χ1v) is 8.21. The first-order chi connectivity index (χ1) is 10.1. The third kappa shape index (κ3) is 4.35. The third-order valence-corrected chi connectivity index (χ3v) is 4.22. The molecule has 0 saturated heterocycles. The van der Waals surface area contributed by atoms with Crippen LogP contribution in [0.2, 0.25) is 0 Å². The van der Waals surface area contributed by atoms with Crippen LogP contribution in [0.5, 0.6) is 5.75 Å². The van der Waals surface area contributed by atoms with Gasteiger partial charge < -0.3 is 10.1 Å². The summed E-state index contributed by atoms with van der Waals surface area (Å²) in [6.45, 7) is 6.94. The maximum absolute atomic E-state index is 5.67. The van der Waals surface area contributed by atoms with E-state index in [4.69, 9.17) is 4.74 Å². The first-order valence-electron chi connectivity index (χ1n) is 6.63. The molecule has 110 valence electrons. The van der Waals surface area contributed by atoms with E-state index in [1.54, 1.807) is 6.08 Å². The van der Waals surface area contributed by atoms with Crippen molar-refractivity contribution < 1.29 is 4.74 Å². The number of benzene rings is 2. The van der Waals surface area contributed by atoms with Gasteiger partial charge in [0.15, 0.2) is 0 Å². The topological polar surface area (TPSA) is 21.3 Å². The molecule has 0 bridgehead atoms. The van der Waals surface area contributed by atoms with Crippen LogP contribution in [0.1, 0.15) is 11.1 Å². The number of hydrogen-bond donors (Lipinski definition) is 1. The first kappa shape index (κ1) is 16.1. The van der Waals surface area contributed by atoms with Gasteiger partial charge in [0, 0.05) is 21.1 Å². The molecule has 4 heteroatoms. The maximum Gasteiger partial charge on any atom is 0.124 e. The third-order valence-electron chi connectivity index (χ3n) is 2.97. The van der Waals surface area contributed by atoms with Gasteiger partial charge in [0.2, 0.25) is 0 Å². The lowest BCUT2D eigenvalue weighted by Crippen LogP contribution is -2.04. The van der Waals surface area contributed by atoms with Crippen molar-refractivity contribution in [2.75, 3.05) is 11.9 Å². The highest BCUT2D eigenvalue weighted by Crippen LogP contribution is 2.33. The largest absolute Gasteiger partial charge is 0.489 e. The summed E-state index contributed by atoms with van der Waals surface area (Å²) in [6, 6.07) is 12.2. The van der Waals surface area contributed by atoms with Gasteiger partial charge in [-0.25, -0.2) is 0 Å². The minimum atomic E-state index is 0.509. The van der Waals surface area contributed by atoms with Crippen LogP contribution >= 0.6 is 31.9 Å². The van der Waals surface area contributed by atoms with Crippen molar-refractivity contribution in [2.45, 2.75) is 13.5 Å². The average molecular weight is 411 g/mol. The van der Waals surface area contributed by atoms with Crippen LogP contribution in [-0.2, 0) is 6.54 Å². The Morgan fingerprint density at radius 1 is 1.19 bits per heavy atom. The van der Waals surface area contributed by atoms with Crippen LogP contribution in [0.25, 0.3) is 0 Å². The average Bonchev–Trinajstić information content (AvgIpc) is 2.45. The summed E-state index contributed by atoms with van der Waals surface area (Å²) < 4.78 is 7.75. The minimum absolute atomic E-state index is 0.509. The summed E-state index contributed by atoms with van der Waals surface area (Å²) in [6.07, 6.45) is 1.75. The Bertz CT molecular complexity index is 617. The molecule has 0 heterocycles. The highest BCUT2D eigenvalue weighted by molar-refractivity contribution is 9.11. The predicted molar refractivity (Wildman–Crippen MR) is 96.0 cm³/mol. The molecular weight excluding hydrogens is 394 g/mol. The summed E-state index contributed by atoms with van der Waals surface area (Å²) in [5, 5.41) is 3.44. The van der Waals surface area contributed by atoms with Gasteiger partial charge in [0.25, 0.3) is 0 Å². The van der Waals surface area contributed by atoms with Gasteiger partial charge >= 0.3 is 0 Å². The van der Waals surface area contributed by atoms with Crippen LogP contribution in [-0.4, -0.2) is 6.61 Å². The van der Waals surface area contributed by atoms with E-state index in [1.165, 1.54) is 5.56 Å². The Morgan fingerprint density at radius 2 is 1.86 bits per heavy atom. The van der Waals surface area contributed by atoms with E-state index in [-0.39, 0.29) is 0 Å². The van der Waals surface area contributed by atoms with E-state index in [1.807, 2.05) is 18.2 Å². The van der Waals surface area contributed by atoms with E-state index < -0.39 is 0 Å². The molecule has 0 fully saturated rings. The lowest BCUT2D eigenvalue weighted by atomic mass is 10.2. The van der Waals surface area contributed by atoms with Crippen molar-refractivity contribution in [3.05, 3.63) is 69.1 Å². The Labute approximate surface area is 142 Å². The number of nitrogens with one attached hydrogen (secondary N) is 1. The van der Waals surface area contributed by atoms with Crippen molar-refractivity contribution in [3.63, 3.8) is 0 Å². The summed E-state index contributed by atoms with van der Waals surface area (Å²) >= 11 is 7.19. The molecule has 0 spiro atoms. The van der Waals surface area contributed by atoms with E-state index in [9.17, 15) is 0 Å². The number of anilines is 1. The van der Waals surface area contributed by atoms with Crippen LogP contribution in [0.4, 0.5) is 5.69 Å². The molecule has 0 aliphatic heterocycles. The maximum atomic E-state index is 5.67. The second-order valence-electron chi connectivity index (χ2n) is 4.66. The standard InChI is InChI=1S/C17H17Br2NO/c1-3-8-21-16-7-5-4-6-13(16)11-20-17-14(18)9-12(2)10-15(17)19/h3-7,9-10,20H,1,8,11H2,2H3. The molecule has 0 aliphatic carbocycles. The number of hydrogen-bond acceptors (Lipinski definition) is 2. The molecule has 2 aromatic rings. The fourth-order valence-electron chi connectivity index (χ4n) is 1.99. The number of para-hydroxylation sites is 1. The van der Waals surface area contributed by atoms with Crippen LogP contribution in [0, 0.1) is 6.92 Å². The van der Waals surface area contributed by atoms with Gasteiger partial charge in [-0.3, -0.25) is 0 Å². The SMILES string of the molecule is C=CCOc1ccccc1CNc1c(Br)cc(C)cc1Br. The Morgan fingerprint density at radius 3 is 2.52 bits per heavy atom. The predicted octanol–water partition coefficient (Wildman–Crippen LogP) is 5.70. The molecule has 21 heavy (non-hydrogen) atoms. The molecule has 0 unspecified atom stereocenters. The molecule has 0 atom stereocenters. The Kier molecular flexibility index (Phi) is 5.88. The highest BCUT2D eigenvalue weighted by Gasteiger charge is 2.08. The van der Waals surface area contributed by atoms with Gasteiger partial charge in [-0.2, -0.15) is 0 Å². The van der Waals surface area contributed by atoms with Crippen LogP contribution in [0.15, 0.2) is 58.0 Å². The van der Waals surface area contributed by atoms with E-state index in [0.29, 0.717) is 13.2 Å². The molecule has 1 N–H and O–H groups in total. The zero-order valence-electron chi connectivity index (χ0n) is 11.8. The van der Waals surface area contributed by atoms with Gasteiger partial charge in [-0.15, -0.1) is 0 Å². The van der Waals surface area contributed by atoms with E-state index >= 15 is 0 Å². The quantitative estimate of drug-likeness (QED) is 0.617. The fourth-order valence-corrected chi connectivity index (χ4v) is 3.69. The number of aryl methyl sites for hydroxylation is 1. The summed E-state index contributed by atoms with van der Waals surface area (Å²) in [5.41, 5.74) is 3.35. The number of ether oxygens (including phenoxy) is 1. The number of rotatable bonds is 6. The number of halogens is 2. The summed E-state index contributed by atoms with van der Waals surface area (Å²) in [7, 11) is 0. The van der Waals surface area contributed by atoms with Gasteiger partial charge in [0.1, 0.15) is 12.4 Å². The van der Waals surface area contributed by atoms with Gasteiger partial charge in [-0.05, 0) is 62.5 Å². The molecule has 0 radical (unpaired) electrons. The van der Waals surface area contributed by atoms with Crippen molar-refractivity contribution in [3.8, 4) is 5.75 Å². The molecule has 2 rings (SSSR count).